The van der Waals surface area contributed by atoms with E-state index < -0.39 is 11.8 Å². The predicted octanol–water partition coefficient (Wildman–Crippen LogP) is 3.81. The maximum absolute atomic E-state index is 14.1. The lowest BCUT2D eigenvalue weighted by molar-refractivity contribution is -0.136. The molecule has 0 saturated heterocycles. The van der Waals surface area contributed by atoms with Gasteiger partial charge in [0, 0.05) is 17.8 Å². The van der Waals surface area contributed by atoms with Crippen LogP contribution < -0.4 is 0 Å². The molecule has 0 aromatic heterocycles. The average molecular weight is 352 g/mol. The van der Waals surface area contributed by atoms with Gasteiger partial charge in [0.2, 0.25) is 0 Å². The minimum Gasteiger partial charge on any atom is -0.465 e. The Balaban J connectivity index is 2.61. The van der Waals surface area contributed by atoms with Crippen LogP contribution in [-0.2, 0) is 14.3 Å². The molecule has 0 fully saturated rings. The molecule has 24 heavy (non-hydrogen) atoms. The molecule has 0 unspecified atom stereocenters. The number of esters is 1. The zero-order chi connectivity index (χ0) is 18.0. The van der Waals surface area contributed by atoms with E-state index in [1.54, 1.807) is 6.92 Å². The standard InChI is InChI=1S/C18H19ClFNO3/c1-10(2)9-21-11(3)16(18(23)24-4)13(17(21)22)8-12-14(19)6-5-7-15(12)20/h5-8,10H,9H2,1-4H3/b13-8+. The molecule has 1 aromatic rings. The Morgan fingerprint density at radius 2 is 2.08 bits per heavy atom. The van der Waals surface area contributed by atoms with Crippen molar-refractivity contribution in [3.05, 3.63) is 51.4 Å². The Labute approximate surface area is 145 Å². The summed E-state index contributed by atoms with van der Waals surface area (Å²) in [6.07, 6.45) is 1.32. The van der Waals surface area contributed by atoms with Crippen LogP contribution in [0.4, 0.5) is 4.39 Å². The van der Waals surface area contributed by atoms with Crippen LogP contribution in [0.15, 0.2) is 35.0 Å². The number of nitrogens with zero attached hydrogens (tertiary/aromatic N) is 1. The summed E-state index contributed by atoms with van der Waals surface area (Å²) < 4.78 is 18.9. The Hall–Kier alpha value is -2.14. The lowest BCUT2D eigenvalue weighted by atomic mass is 10.0. The van der Waals surface area contributed by atoms with Gasteiger partial charge in [-0.1, -0.05) is 31.5 Å². The van der Waals surface area contributed by atoms with Crippen LogP contribution in [0.1, 0.15) is 26.3 Å². The first-order valence-electron chi connectivity index (χ1n) is 7.55. The van der Waals surface area contributed by atoms with Crippen LogP contribution in [0.2, 0.25) is 5.02 Å². The summed E-state index contributed by atoms with van der Waals surface area (Å²) in [5.74, 6) is -1.35. The third kappa shape index (κ3) is 3.36. The van der Waals surface area contributed by atoms with Crippen LogP contribution in [0, 0.1) is 11.7 Å². The van der Waals surface area contributed by atoms with Gasteiger partial charge < -0.3 is 9.64 Å². The van der Waals surface area contributed by atoms with E-state index in [2.05, 4.69) is 0 Å². The Morgan fingerprint density at radius 1 is 1.42 bits per heavy atom. The van der Waals surface area contributed by atoms with E-state index in [9.17, 15) is 14.0 Å². The smallest absolute Gasteiger partial charge is 0.340 e. The quantitative estimate of drug-likeness (QED) is 0.612. The SMILES string of the molecule is COC(=O)C1=C(C)N(CC(C)C)C(=O)/C1=C/c1c(F)cccc1Cl. The molecule has 1 aliphatic heterocycles. The second-order valence-electron chi connectivity index (χ2n) is 5.95. The van der Waals surface area contributed by atoms with E-state index in [0.717, 1.165) is 0 Å². The lowest BCUT2D eigenvalue weighted by Gasteiger charge is -2.19. The second-order valence-corrected chi connectivity index (χ2v) is 6.36. The van der Waals surface area contributed by atoms with E-state index in [1.165, 1.54) is 36.3 Å². The highest BCUT2D eigenvalue weighted by Crippen LogP contribution is 2.33. The molecule has 2 rings (SSSR count). The van der Waals surface area contributed by atoms with E-state index in [1.807, 2.05) is 13.8 Å². The van der Waals surface area contributed by atoms with Gasteiger partial charge in [-0.2, -0.15) is 0 Å². The lowest BCUT2D eigenvalue weighted by Crippen LogP contribution is -2.29. The molecule has 1 aromatic carbocycles. The molecule has 0 spiro atoms. The molecular weight excluding hydrogens is 333 g/mol. The first kappa shape index (κ1) is 18.2. The molecule has 1 aliphatic rings. The molecule has 0 atom stereocenters. The number of methoxy groups -OCH3 is 1. The van der Waals surface area contributed by atoms with Crippen molar-refractivity contribution in [3.63, 3.8) is 0 Å². The highest BCUT2D eigenvalue weighted by atomic mass is 35.5. The first-order valence-corrected chi connectivity index (χ1v) is 7.92. The number of benzene rings is 1. The minimum atomic E-state index is -0.634. The zero-order valence-electron chi connectivity index (χ0n) is 14.0. The van der Waals surface area contributed by atoms with Crippen LogP contribution in [0.3, 0.4) is 0 Å². The fourth-order valence-corrected chi connectivity index (χ4v) is 2.82. The van der Waals surface area contributed by atoms with Crippen LogP contribution in [0.25, 0.3) is 6.08 Å². The molecule has 0 bridgehead atoms. The summed E-state index contributed by atoms with van der Waals surface area (Å²) in [6, 6.07) is 4.25. The maximum atomic E-state index is 14.1. The minimum absolute atomic E-state index is 0.0723. The van der Waals surface area contributed by atoms with Crippen LogP contribution in [0.5, 0.6) is 0 Å². The topological polar surface area (TPSA) is 46.6 Å². The van der Waals surface area contributed by atoms with E-state index >= 15 is 0 Å². The molecule has 1 amide bonds. The second kappa shape index (κ2) is 7.18. The van der Waals surface area contributed by atoms with Gasteiger partial charge in [0.1, 0.15) is 5.82 Å². The summed E-state index contributed by atoms with van der Waals surface area (Å²) >= 11 is 6.03. The third-order valence-corrected chi connectivity index (χ3v) is 4.07. The number of allylic oxidation sites excluding steroid dienone is 1. The Bertz CT molecular complexity index is 732. The number of hydrogen-bond acceptors (Lipinski definition) is 3. The fraction of sp³-hybridized carbons (Fsp3) is 0.333. The van der Waals surface area contributed by atoms with Gasteiger partial charge in [0.25, 0.3) is 5.91 Å². The van der Waals surface area contributed by atoms with Gasteiger partial charge in [-0.25, -0.2) is 9.18 Å². The van der Waals surface area contributed by atoms with Crippen LogP contribution >= 0.6 is 11.6 Å². The molecule has 0 aliphatic carbocycles. The van der Waals surface area contributed by atoms with Gasteiger partial charge >= 0.3 is 5.97 Å². The monoisotopic (exact) mass is 351 g/mol. The maximum Gasteiger partial charge on any atom is 0.340 e. The zero-order valence-corrected chi connectivity index (χ0v) is 14.8. The number of rotatable bonds is 4. The van der Waals surface area contributed by atoms with E-state index in [-0.39, 0.29) is 33.6 Å². The van der Waals surface area contributed by atoms with Crippen molar-refractivity contribution >= 4 is 29.6 Å². The van der Waals surface area contributed by atoms with Gasteiger partial charge in [0.05, 0.1) is 23.3 Å². The number of hydrogen-bond donors (Lipinski definition) is 0. The van der Waals surface area contributed by atoms with Crippen molar-refractivity contribution in [2.24, 2.45) is 5.92 Å². The Kier molecular flexibility index (Phi) is 5.44. The van der Waals surface area contributed by atoms with Crippen molar-refractivity contribution in [1.29, 1.82) is 0 Å². The molecule has 0 N–H and O–H groups in total. The number of carbonyl (C=O) groups excluding carboxylic acids is 2. The number of amides is 1. The van der Waals surface area contributed by atoms with Crippen molar-refractivity contribution in [2.45, 2.75) is 20.8 Å². The van der Waals surface area contributed by atoms with Gasteiger partial charge in [-0.05, 0) is 31.1 Å². The van der Waals surface area contributed by atoms with Gasteiger partial charge in [0.15, 0.2) is 0 Å². The number of halogens is 2. The van der Waals surface area contributed by atoms with Crippen molar-refractivity contribution in [1.82, 2.24) is 4.90 Å². The molecule has 128 valence electrons. The van der Waals surface area contributed by atoms with Crippen molar-refractivity contribution in [3.8, 4) is 0 Å². The summed E-state index contributed by atoms with van der Waals surface area (Å²) in [6.45, 7) is 6.06. The van der Waals surface area contributed by atoms with E-state index in [0.29, 0.717) is 12.2 Å². The average Bonchev–Trinajstić information content (AvgIpc) is 2.74. The van der Waals surface area contributed by atoms with Crippen molar-refractivity contribution in [2.75, 3.05) is 13.7 Å². The third-order valence-electron chi connectivity index (χ3n) is 3.74. The molecular formula is C18H19ClFNO3. The highest BCUT2D eigenvalue weighted by molar-refractivity contribution is 6.32. The van der Waals surface area contributed by atoms with Crippen molar-refractivity contribution < 1.29 is 18.7 Å². The first-order chi connectivity index (χ1) is 11.3. The van der Waals surface area contributed by atoms with E-state index in [4.69, 9.17) is 16.3 Å². The fourth-order valence-electron chi connectivity index (χ4n) is 2.61. The normalized spacial score (nSPS) is 16.5. The summed E-state index contributed by atoms with van der Waals surface area (Å²) in [5, 5.41) is 0.166. The summed E-state index contributed by atoms with van der Waals surface area (Å²) in [7, 11) is 1.24. The summed E-state index contributed by atoms with van der Waals surface area (Å²) in [4.78, 5) is 26.4. The van der Waals surface area contributed by atoms with Gasteiger partial charge in [-0.15, -0.1) is 0 Å². The largest absolute Gasteiger partial charge is 0.465 e. The molecule has 6 heteroatoms. The summed E-state index contributed by atoms with van der Waals surface area (Å²) in [5.41, 5.74) is 0.803. The molecule has 0 radical (unpaired) electrons. The molecule has 0 saturated carbocycles. The number of carbonyl (C=O) groups is 2. The van der Waals surface area contributed by atoms with Gasteiger partial charge in [-0.3, -0.25) is 4.79 Å². The highest BCUT2D eigenvalue weighted by Gasteiger charge is 2.37. The molecule has 4 nitrogen and oxygen atoms in total. The molecule has 1 heterocycles. The van der Waals surface area contributed by atoms with Crippen LogP contribution in [-0.4, -0.2) is 30.4 Å². The predicted molar refractivity (Wildman–Crippen MR) is 90.7 cm³/mol. The Morgan fingerprint density at radius 3 is 2.62 bits per heavy atom. The number of ether oxygens (including phenoxy) is 1.